The Bertz CT molecular complexity index is 168. The van der Waals surface area contributed by atoms with Gasteiger partial charge < -0.3 is 9.80 Å². The summed E-state index contributed by atoms with van der Waals surface area (Å²) in [7, 11) is 0. The van der Waals surface area contributed by atoms with Crippen molar-refractivity contribution in [2.75, 3.05) is 39.3 Å². The monoisotopic (exact) mass is 226 g/mol. The lowest BCUT2D eigenvalue weighted by Crippen LogP contribution is -2.52. The highest BCUT2D eigenvalue weighted by Gasteiger charge is 2.27. The summed E-state index contributed by atoms with van der Waals surface area (Å²) in [5.41, 5.74) is 0. The zero-order valence-corrected chi connectivity index (χ0v) is 11.7. The Morgan fingerprint density at radius 3 is 2.06 bits per heavy atom. The minimum atomic E-state index is 0.972. The van der Waals surface area contributed by atoms with Crippen LogP contribution in [0.2, 0.25) is 0 Å². The van der Waals surface area contributed by atoms with E-state index in [1.54, 1.807) is 0 Å². The summed E-state index contributed by atoms with van der Waals surface area (Å²) < 4.78 is 0. The van der Waals surface area contributed by atoms with Gasteiger partial charge in [0.2, 0.25) is 0 Å². The molecule has 0 spiro atoms. The summed E-state index contributed by atoms with van der Waals surface area (Å²) in [6.07, 6.45) is 2.84. The fourth-order valence-electron chi connectivity index (χ4n) is 2.66. The van der Waals surface area contributed by atoms with Gasteiger partial charge in [0.1, 0.15) is 0 Å². The maximum Gasteiger partial charge on any atom is 0.00342 e. The predicted molar refractivity (Wildman–Crippen MR) is 71.8 cm³/mol. The number of nitrogens with zero attached hydrogens (tertiary/aromatic N) is 2. The summed E-state index contributed by atoms with van der Waals surface area (Å²) in [5.74, 6) is 1.95. The highest BCUT2D eigenvalue weighted by Crippen LogP contribution is 2.20. The van der Waals surface area contributed by atoms with E-state index in [9.17, 15) is 0 Å². The van der Waals surface area contributed by atoms with Crippen LogP contribution in [0.1, 0.15) is 40.5 Å². The van der Waals surface area contributed by atoms with Crippen molar-refractivity contribution in [2.45, 2.75) is 40.5 Å². The van der Waals surface area contributed by atoms with Crippen LogP contribution < -0.4 is 0 Å². The quantitative estimate of drug-likeness (QED) is 0.730. The van der Waals surface area contributed by atoms with Crippen molar-refractivity contribution in [1.29, 1.82) is 0 Å². The van der Waals surface area contributed by atoms with Gasteiger partial charge in [-0.2, -0.15) is 0 Å². The number of likely N-dealkylation sites (tertiary alicyclic amines) is 2. The molecule has 2 saturated heterocycles. The molecule has 2 fully saturated rings. The van der Waals surface area contributed by atoms with Gasteiger partial charge in [0.15, 0.2) is 0 Å². The lowest BCUT2D eigenvalue weighted by atomic mass is 9.95. The van der Waals surface area contributed by atoms with E-state index in [-0.39, 0.29) is 0 Å². The highest BCUT2D eigenvalue weighted by atomic mass is 15.2. The second-order valence-electron chi connectivity index (χ2n) is 5.20. The van der Waals surface area contributed by atoms with Gasteiger partial charge in [-0.15, -0.1) is 0 Å². The fourth-order valence-corrected chi connectivity index (χ4v) is 2.66. The molecule has 0 atom stereocenters. The third kappa shape index (κ3) is 4.06. The molecule has 2 aliphatic rings. The Morgan fingerprint density at radius 2 is 1.56 bits per heavy atom. The summed E-state index contributed by atoms with van der Waals surface area (Å²) >= 11 is 0. The van der Waals surface area contributed by atoms with Crippen LogP contribution in [0.4, 0.5) is 0 Å². The Hall–Kier alpha value is -0.0800. The van der Waals surface area contributed by atoms with Crippen molar-refractivity contribution in [2.24, 2.45) is 11.8 Å². The number of hydrogen-bond donors (Lipinski definition) is 0. The first-order valence-electron chi connectivity index (χ1n) is 7.22. The normalized spacial score (nSPS) is 24.8. The zero-order valence-electron chi connectivity index (χ0n) is 11.7. The third-order valence-corrected chi connectivity index (χ3v) is 3.87. The number of hydrogen-bond acceptors (Lipinski definition) is 2. The maximum atomic E-state index is 2.68. The number of rotatable bonds is 3. The molecule has 0 aliphatic carbocycles. The Kier molecular flexibility index (Phi) is 6.37. The van der Waals surface area contributed by atoms with Crippen LogP contribution in [0.15, 0.2) is 0 Å². The topological polar surface area (TPSA) is 6.48 Å². The molecule has 0 aromatic rings. The Morgan fingerprint density at radius 1 is 1.00 bits per heavy atom. The fraction of sp³-hybridized carbons (Fsp3) is 1.00. The van der Waals surface area contributed by atoms with Crippen LogP contribution in [-0.4, -0.2) is 49.1 Å². The molecule has 0 unspecified atom stereocenters. The Labute approximate surface area is 102 Å². The van der Waals surface area contributed by atoms with Crippen molar-refractivity contribution in [1.82, 2.24) is 9.80 Å². The third-order valence-electron chi connectivity index (χ3n) is 3.87. The largest absolute Gasteiger partial charge is 0.303 e. The van der Waals surface area contributed by atoms with Crippen LogP contribution in [-0.2, 0) is 0 Å². The SMILES string of the molecule is CC.CCN1CC(CN2CCC(C)CC2)C1. The Balaban J connectivity index is 0.000000606. The lowest BCUT2D eigenvalue weighted by molar-refractivity contribution is 0.0606. The van der Waals surface area contributed by atoms with E-state index in [0.29, 0.717) is 0 Å². The molecular weight excluding hydrogens is 196 g/mol. The molecule has 0 N–H and O–H groups in total. The van der Waals surface area contributed by atoms with Gasteiger partial charge in [-0.3, -0.25) is 0 Å². The molecule has 2 heteroatoms. The molecule has 0 radical (unpaired) electrons. The van der Waals surface area contributed by atoms with E-state index < -0.39 is 0 Å². The standard InChI is InChI=1S/C12H24N2.C2H6/c1-3-13-8-12(9-13)10-14-6-4-11(2)5-7-14;1-2/h11-12H,3-10H2,1-2H3;1-2H3. The zero-order chi connectivity index (χ0) is 12.0. The average molecular weight is 226 g/mol. The van der Waals surface area contributed by atoms with Crippen molar-refractivity contribution < 1.29 is 0 Å². The van der Waals surface area contributed by atoms with Gasteiger partial charge in [-0.05, 0) is 44.3 Å². The van der Waals surface area contributed by atoms with Gasteiger partial charge in [-0.1, -0.05) is 27.7 Å². The molecule has 2 rings (SSSR count). The number of piperidine rings is 1. The minimum absolute atomic E-state index is 0.972. The average Bonchev–Trinajstić information content (AvgIpc) is 2.28. The molecule has 2 aliphatic heterocycles. The molecule has 0 saturated carbocycles. The van der Waals surface area contributed by atoms with Crippen molar-refractivity contribution in [3.05, 3.63) is 0 Å². The molecule has 0 aromatic heterocycles. The van der Waals surface area contributed by atoms with E-state index in [2.05, 4.69) is 23.6 Å². The van der Waals surface area contributed by atoms with Gasteiger partial charge >= 0.3 is 0 Å². The van der Waals surface area contributed by atoms with Crippen LogP contribution >= 0.6 is 0 Å². The van der Waals surface area contributed by atoms with Gasteiger partial charge in [0, 0.05) is 19.6 Å². The highest BCUT2D eigenvalue weighted by molar-refractivity contribution is 4.82. The second kappa shape index (κ2) is 7.29. The van der Waals surface area contributed by atoms with E-state index in [1.807, 2.05) is 13.8 Å². The van der Waals surface area contributed by atoms with E-state index in [4.69, 9.17) is 0 Å². The molecular formula is C14H30N2. The summed E-state index contributed by atoms with van der Waals surface area (Å²) in [4.78, 5) is 5.22. The van der Waals surface area contributed by atoms with Crippen LogP contribution in [0.25, 0.3) is 0 Å². The first-order chi connectivity index (χ1) is 7.78. The molecule has 96 valence electrons. The summed E-state index contributed by atoms with van der Waals surface area (Å²) in [6.45, 7) is 16.7. The van der Waals surface area contributed by atoms with E-state index >= 15 is 0 Å². The van der Waals surface area contributed by atoms with E-state index in [0.717, 1.165) is 11.8 Å². The van der Waals surface area contributed by atoms with E-state index in [1.165, 1.54) is 52.1 Å². The van der Waals surface area contributed by atoms with Gasteiger partial charge in [-0.25, -0.2) is 0 Å². The molecule has 16 heavy (non-hydrogen) atoms. The predicted octanol–water partition coefficient (Wildman–Crippen LogP) is 2.70. The molecule has 0 amide bonds. The lowest BCUT2D eigenvalue weighted by Gasteiger charge is -2.42. The molecule has 0 bridgehead atoms. The van der Waals surface area contributed by atoms with Crippen LogP contribution in [0.3, 0.4) is 0 Å². The van der Waals surface area contributed by atoms with Crippen molar-refractivity contribution in [3.8, 4) is 0 Å². The summed E-state index contributed by atoms with van der Waals surface area (Å²) in [6, 6.07) is 0. The molecule has 2 nitrogen and oxygen atoms in total. The molecule has 0 aromatic carbocycles. The van der Waals surface area contributed by atoms with Gasteiger partial charge in [0.25, 0.3) is 0 Å². The van der Waals surface area contributed by atoms with Crippen molar-refractivity contribution in [3.63, 3.8) is 0 Å². The first-order valence-corrected chi connectivity index (χ1v) is 7.22. The summed E-state index contributed by atoms with van der Waals surface area (Å²) in [5, 5.41) is 0. The van der Waals surface area contributed by atoms with Gasteiger partial charge in [0.05, 0.1) is 0 Å². The van der Waals surface area contributed by atoms with Crippen LogP contribution in [0.5, 0.6) is 0 Å². The van der Waals surface area contributed by atoms with Crippen molar-refractivity contribution >= 4 is 0 Å². The second-order valence-corrected chi connectivity index (χ2v) is 5.20. The maximum absolute atomic E-state index is 2.68. The molecule has 2 heterocycles. The first kappa shape index (κ1) is 14.0. The smallest absolute Gasteiger partial charge is 0.00342 e. The van der Waals surface area contributed by atoms with Crippen LogP contribution in [0, 0.1) is 11.8 Å². The minimum Gasteiger partial charge on any atom is -0.303 e.